The highest BCUT2D eigenvalue weighted by Crippen LogP contribution is 2.25. The Labute approximate surface area is 96.4 Å². The molecule has 74 valence electrons. The molecule has 14 heavy (non-hydrogen) atoms. The second kappa shape index (κ2) is 4.41. The van der Waals surface area contributed by atoms with E-state index in [-0.39, 0.29) is 0 Å². The van der Waals surface area contributed by atoms with Crippen LogP contribution in [-0.2, 0) is 6.42 Å². The zero-order chi connectivity index (χ0) is 9.97. The number of fused-ring (bicyclic) bond motifs is 1. The molecule has 0 aliphatic heterocycles. The zero-order valence-electron chi connectivity index (χ0n) is 8.03. The van der Waals surface area contributed by atoms with E-state index in [0.717, 1.165) is 18.4 Å². The molecule has 1 atom stereocenters. The van der Waals surface area contributed by atoms with Gasteiger partial charge in [-0.2, -0.15) is 4.37 Å². The molecular weight excluding hydrogens is 258 g/mol. The molecule has 0 saturated carbocycles. The topological polar surface area (TPSA) is 12.9 Å². The van der Waals surface area contributed by atoms with Gasteiger partial charge in [0.1, 0.15) is 0 Å². The predicted octanol–water partition coefficient (Wildman–Crippen LogP) is 4.01. The van der Waals surface area contributed by atoms with Gasteiger partial charge in [-0.1, -0.05) is 41.1 Å². The molecule has 1 aromatic carbocycles. The first-order valence-electron chi connectivity index (χ1n) is 4.78. The van der Waals surface area contributed by atoms with Gasteiger partial charge in [0.25, 0.3) is 0 Å². The van der Waals surface area contributed by atoms with Gasteiger partial charge in [0.2, 0.25) is 0 Å². The van der Waals surface area contributed by atoms with Crippen LogP contribution < -0.4 is 0 Å². The summed E-state index contributed by atoms with van der Waals surface area (Å²) in [5.41, 5.74) is 1.13. The lowest BCUT2D eigenvalue weighted by Gasteiger charge is -2.03. The Morgan fingerprint density at radius 1 is 1.43 bits per heavy atom. The summed E-state index contributed by atoms with van der Waals surface area (Å²) in [6.45, 7) is 2.20. The number of nitrogens with zero attached hydrogens (tertiary/aromatic N) is 1. The third-order valence-corrected chi connectivity index (χ3v) is 4.17. The average Bonchev–Trinajstić information content (AvgIpc) is 2.62. The minimum atomic E-state index is 0.575. The van der Waals surface area contributed by atoms with E-state index in [4.69, 9.17) is 0 Å². The smallest absolute Gasteiger partial charge is 0.0843 e. The number of alkyl halides is 1. The third kappa shape index (κ3) is 1.98. The molecule has 0 fully saturated rings. The van der Waals surface area contributed by atoms with E-state index < -0.39 is 0 Å². The molecule has 0 aliphatic carbocycles. The van der Waals surface area contributed by atoms with E-state index in [0.29, 0.717) is 4.83 Å². The highest BCUT2D eigenvalue weighted by molar-refractivity contribution is 9.09. The first-order valence-corrected chi connectivity index (χ1v) is 6.47. The van der Waals surface area contributed by atoms with Crippen LogP contribution >= 0.6 is 27.5 Å². The summed E-state index contributed by atoms with van der Waals surface area (Å²) < 4.78 is 4.43. The van der Waals surface area contributed by atoms with E-state index >= 15 is 0 Å². The number of hydrogen-bond acceptors (Lipinski definition) is 2. The van der Waals surface area contributed by atoms with E-state index in [1.807, 2.05) is 6.07 Å². The van der Waals surface area contributed by atoms with Crippen molar-refractivity contribution in [3.8, 4) is 0 Å². The van der Waals surface area contributed by atoms with Crippen LogP contribution in [0, 0.1) is 0 Å². The highest BCUT2D eigenvalue weighted by Gasteiger charge is 2.09. The van der Waals surface area contributed by atoms with E-state index in [2.05, 4.69) is 45.4 Å². The van der Waals surface area contributed by atoms with Crippen LogP contribution in [-0.4, -0.2) is 9.20 Å². The van der Waals surface area contributed by atoms with Crippen molar-refractivity contribution in [2.45, 2.75) is 24.6 Å². The number of halogens is 1. The first kappa shape index (κ1) is 10.1. The molecule has 2 aromatic rings. The molecule has 3 heteroatoms. The molecule has 1 heterocycles. The fraction of sp³-hybridized carbons (Fsp3) is 0.364. The van der Waals surface area contributed by atoms with E-state index in [1.54, 1.807) is 11.5 Å². The van der Waals surface area contributed by atoms with Crippen molar-refractivity contribution < 1.29 is 0 Å². The maximum Gasteiger partial charge on any atom is 0.0843 e. The van der Waals surface area contributed by atoms with Gasteiger partial charge in [-0.3, -0.25) is 0 Å². The molecule has 0 radical (unpaired) electrons. The summed E-state index contributed by atoms with van der Waals surface area (Å²) in [5, 5.41) is 1.32. The maximum atomic E-state index is 4.43. The van der Waals surface area contributed by atoms with Gasteiger partial charge < -0.3 is 0 Å². The molecule has 0 saturated heterocycles. The lowest BCUT2D eigenvalue weighted by atomic mass is 10.1. The number of hydrogen-bond donors (Lipinski definition) is 0. The van der Waals surface area contributed by atoms with Crippen molar-refractivity contribution in [2.75, 3.05) is 0 Å². The van der Waals surface area contributed by atoms with Gasteiger partial charge in [-0.15, -0.1) is 0 Å². The number of rotatable bonds is 3. The summed E-state index contributed by atoms with van der Waals surface area (Å²) in [4.78, 5) is 1.97. The molecule has 1 aromatic heterocycles. The number of aromatic nitrogens is 1. The second-order valence-electron chi connectivity index (χ2n) is 3.33. The Kier molecular flexibility index (Phi) is 3.19. The van der Waals surface area contributed by atoms with Gasteiger partial charge in [0.15, 0.2) is 0 Å². The summed E-state index contributed by atoms with van der Waals surface area (Å²) in [5.74, 6) is 0. The molecule has 0 spiro atoms. The normalized spacial score (nSPS) is 13.3. The first-order chi connectivity index (χ1) is 6.81. The van der Waals surface area contributed by atoms with Crippen LogP contribution in [0.1, 0.15) is 18.2 Å². The quantitative estimate of drug-likeness (QED) is 0.768. The predicted molar refractivity (Wildman–Crippen MR) is 66.3 cm³/mol. The summed E-state index contributed by atoms with van der Waals surface area (Å²) in [6.07, 6.45) is 2.24. The second-order valence-corrected chi connectivity index (χ2v) is 5.49. The lowest BCUT2D eigenvalue weighted by molar-refractivity contribution is 0.842. The van der Waals surface area contributed by atoms with Crippen LogP contribution in [0.4, 0.5) is 0 Å². The standard InChI is InChI=1S/C11H12BrNS/c1-2-8(12)7-11-9-5-3-4-6-10(9)13-14-11/h3-6,8H,2,7H2,1H3. The van der Waals surface area contributed by atoms with Crippen LogP contribution in [0.3, 0.4) is 0 Å². The fourth-order valence-corrected chi connectivity index (χ4v) is 2.89. The Balaban J connectivity index is 2.33. The zero-order valence-corrected chi connectivity index (χ0v) is 10.4. The summed E-state index contributed by atoms with van der Waals surface area (Å²) in [7, 11) is 0. The minimum absolute atomic E-state index is 0.575. The third-order valence-electron chi connectivity index (χ3n) is 2.31. The Bertz CT molecular complexity index is 424. The monoisotopic (exact) mass is 269 g/mol. The SMILES string of the molecule is CCC(Br)Cc1snc2ccccc12. The van der Waals surface area contributed by atoms with Gasteiger partial charge in [0, 0.05) is 15.1 Å². The van der Waals surface area contributed by atoms with Crippen LogP contribution in [0.15, 0.2) is 24.3 Å². The van der Waals surface area contributed by atoms with Crippen molar-refractivity contribution in [2.24, 2.45) is 0 Å². The lowest BCUT2D eigenvalue weighted by Crippen LogP contribution is -1.98. The van der Waals surface area contributed by atoms with Crippen molar-refractivity contribution in [1.82, 2.24) is 4.37 Å². The highest BCUT2D eigenvalue weighted by atomic mass is 79.9. The number of benzene rings is 1. The molecule has 0 N–H and O–H groups in total. The van der Waals surface area contributed by atoms with Crippen molar-refractivity contribution in [3.05, 3.63) is 29.1 Å². The largest absolute Gasteiger partial charge is 0.192 e. The molecule has 1 unspecified atom stereocenters. The van der Waals surface area contributed by atoms with Crippen LogP contribution in [0.5, 0.6) is 0 Å². The molecule has 0 bridgehead atoms. The maximum absolute atomic E-state index is 4.43. The van der Waals surface area contributed by atoms with E-state index in [9.17, 15) is 0 Å². The van der Waals surface area contributed by atoms with Gasteiger partial charge in [0.05, 0.1) is 5.52 Å². The molecule has 0 amide bonds. The fourth-order valence-electron chi connectivity index (χ4n) is 1.44. The Hall–Kier alpha value is -0.410. The van der Waals surface area contributed by atoms with Gasteiger partial charge >= 0.3 is 0 Å². The van der Waals surface area contributed by atoms with Gasteiger partial charge in [-0.25, -0.2) is 0 Å². The van der Waals surface area contributed by atoms with Crippen LogP contribution in [0.25, 0.3) is 10.9 Å². The summed E-state index contributed by atoms with van der Waals surface area (Å²) in [6, 6.07) is 8.35. The van der Waals surface area contributed by atoms with Crippen molar-refractivity contribution >= 4 is 38.4 Å². The molecular formula is C11H12BrNS. The van der Waals surface area contributed by atoms with Crippen molar-refractivity contribution in [3.63, 3.8) is 0 Å². The molecule has 2 rings (SSSR count). The van der Waals surface area contributed by atoms with Gasteiger partial charge in [-0.05, 0) is 30.4 Å². The average molecular weight is 270 g/mol. The Morgan fingerprint density at radius 3 is 3.00 bits per heavy atom. The summed E-state index contributed by atoms with van der Waals surface area (Å²) >= 11 is 5.29. The van der Waals surface area contributed by atoms with Crippen LogP contribution in [0.2, 0.25) is 0 Å². The molecule has 1 nitrogen and oxygen atoms in total. The Morgan fingerprint density at radius 2 is 2.21 bits per heavy atom. The molecule has 0 aliphatic rings. The minimum Gasteiger partial charge on any atom is -0.192 e. The van der Waals surface area contributed by atoms with Crippen molar-refractivity contribution in [1.29, 1.82) is 0 Å². The van der Waals surface area contributed by atoms with E-state index in [1.165, 1.54) is 10.3 Å².